The van der Waals surface area contributed by atoms with Crippen molar-refractivity contribution in [1.82, 2.24) is 19.6 Å². The summed E-state index contributed by atoms with van der Waals surface area (Å²) in [7, 11) is 0. The van der Waals surface area contributed by atoms with Crippen molar-refractivity contribution < 1.29 is 9.90 Å². The zero-order chi connectivity index (χ0) is 14.3. The molecule has 0 aromatic carbocycles. The van der Waals surface area contributed by atoms with Gasteiger partial charge in [-0.25, -0.2) is 14.3 Å². The summed E-state index contributed by atoms with van der Waals surface area (Å²) in [6.45, 7) is 1.83. The molecule has 3 aromatic heterocycles. The van der Waals surface area contributed by atoms with Crippen molar-refractivity contribution >= 4 is 34.2 Å². The van der Waals surface area contributed by atoms with Gasteiger partial charge < -0.3 is 5.11 Å². The number of rotatable bonds is 2. The Hall–Kier alpha value is -2.03. The summed E-state index contributed by atoms with van der Waals surface area (Å²) in [4.78, 5) is 19.9. The molecule has 0 radical (unpaired) electrons. The summed E-state index contributed by atoms with van der Waals surface area (Å²) in [5.74, 6) is -1.04. The lowest BCUT2D eigenvalue weighted by Gasteiger charge is -2.04. The predicted octanol–water partition coefficient (Wildman–Crippen LogP) is 2.40. The third kappa shape index (κ3) is 2.03. The smallest absolute Gasteiger partial charge is 0.354 e. The minimum Gasteiger partial charge on any atom is -0.477 e. The molecule has 0 fully saturated rings. The highest BCUT2D eigenvalue weighted by Crippen LogP contribution is 2.23. The molecule has 100 valence electrons. The number of carboxylic acid groups (broad SMARTS) is 1. The monoisotopic (exact) mass is 380 g/mol. The second-order valence-electron chi connectivity index (χ2n) is 4.21. The summed E-state index contributed by atoms with van der Waals surface area (Å²) < 4.78 is 2.20. The Morgan fingerprint density at radius 2 is 2.25 bits per heavy atom. The first-order valence-corrected chi connectivity index (χ1v) is 6.85. The molecular weight excluding hydrogens is 371 g/mol. The number of aryl methyl sites for hydroxylation is 1. The second-order valence-corrected chi connectivity index (χ2v) is 5.29. The molecule has 6 nitrogen and oxygen atoms in total. The topological polar surface area (TPSA) is 80.4 Å². The Morgan fingerprint density at radius 1 is 1.45 bits per heavy atom. The van der Waals surface area contributed by atoms with Crippen molar-refractivity contribution in [3.63, 3.8) is 0 Å². The van der Waals surface area contributed by atoms with Gasteiger partial charge in [0, 0.05) is 18.0 Å². The van der Waals surface area contributed by atoms with Gasteiger partial charge in [0.25, 0.3) is 0 Å². The molecule has 20 heavy (non-hydrogen) atoms. The van der Waals surface area contributed by atoms with E-state index in [1.165, 1.54) is 10.6 Å². The number of aromatic nitrogens is 4. The van der Waals surface area contributed by atoms with Crippen LogP contribution in [0.3, 0.4) is 0 Å². The van der Waals surface area contributed by atoms with Crippen molar-refractivity contribution in [2.75, 3.05) is 0 Å². The molecule has 0 unspecified atom stereocenters. The Labute approximate surface area is 127 Å². The van der Waals surface area contributed by atoms with E-state index in [0.717, 1.165) is 14.8 Å². The normalized spacial score (nSPS) is 10.9. The Balaban J connectivity index is 2.36. The maximum atomic E-state index is 11.4. The van der Waals surface area contributed by atoms with Crippen LogP contribution in [0.5, 0.6) is 0 Å². The van der Waals surface area contributed by atoms with Crippen LogP contribution in [0.1, 0.15) is 16.2 Å². The number of halogens is 1. The number of aromatic carboxylic acids is 1. The third-order valence-electron chi connectivity index (χ3n) is 2.87. The third-order valence-corrected chi connectivity index (χ3v) is 4.13. The lowest BCUT2D eigenvalue weighted by Crippen LogP contribution is -2.08. The van der Waals surface area contributed by atoms with Gasteiger partial charge in [-0.3, -0.25) is 4.98 Å². The molecule has 0 aliphatic heterocycles. The van der Waals surface area contributed by atoms with Crippen LogP contribution >= 0.6 is 22.6 Å². The first kappa shape index (κ1) is 13.0. The average Bonchev–Trinajstić information content (AvgIpc) is 2.74. The molecule has 3 rings (SSSR count). The van der Waals surface area contributed by atoms with Crippen molar-refractivity contribution in [2.24, 2.45) is 0 Å². The van der Waals surface area contributed by atoms with Crippen LogP contribution in [0.4, 0.5) is 0 Å². The number of fused-ring (bicyclic) bond motifs is 1. The molecule has 0 spiro atoms. The van der Waals surface area contributed by atoms with Gasteiger partial charge in [0.15, 0.2) is 11.3 Å². The van der Waals surface area contributed by atoms with E-state index in [4.69, 9.17) is 0 Å². The molecule has 1 N–H and O–H groups in total. The van der Waals surface area contributed by atoms with Crippen LogP contribution in [-0.2, 0) is 0 Å². The molecule has 3 aromatic rings. The number of pyridine rings is 1. The molecule has 0 saturated heterocycles. The van der Waals surface area contributed by atoms with E-state index < -0.39 is 5.97 Å². The first-order valence-electron chi connectivity index (χ1n) is 5.77. The van der Waals surface area contributed by atoms with Gasteiger partial charge in [0.1, 0.15) is 0 Å². The van der Waals surface area contributed by atoms with Crippen LogP contribution in [0, 0.1) is 10.5 Å². The van der Waals surface area contributed by atoms with Crippen LogP contribution in [-0.4, -0.2) is 30.7 Å². The average molecular weight is 380 g/mol. The van der Waals surface area contributed by atoms with Crippen LogP contribution in [0.25, 0.3) is 16.9 Å². The molecule has 0 bridgehead atoms. The highest BCUT2D eigenvalue weighted by atomic mass is 127. The van der Waals surface area contributed by atoms with Gasteiger partial charge in [0.2, 0.25) is 0 Å². The van der Waals surface area contributed by atoms with Gasteiger partial charge in [0.05, 0.1) is 15.0 Å². The molecule has 3 heterocycles. The number of nitrogens with zero attached hydrogens (tertiary/aromatic N) is 4. The number of carboxylic acids is 1. The summed E-state index contributed by atoms with van der Waals surface area (Å²) in [6, 6.07) is 5.14. The second kappa shape index (κ2) is 4.82. The standard InChI is InChI=1S/C13H9IN4O2/c1-7-11(14)12-16-9(8-3-2-4-15-6-8)5-10(13(19)20)18(12)17-7/h2-6H,1H3,(H,19,20). The van der Waals surface area contributed by atoms with E-state index in [1.807, 2.05) is 13.0 Å². The molecule has 0 amide bonds. The van der Waals surface area contributed by atoms with Crippen molar-refractivity contribution in [1.29, 1.82) is 0 Å². The largest absolute Gasteiger partial charge is 0.477 e. The van der Waals surface area contributed by atoms with Gasteiger partial charge >= 0.3 is 5.97 Å². The SMILES string of the molecule is Cc1nn2c(C(=O)O)cc(-c3cccnc3)nc2c1I. The zero-order valence-electron chi connectivity index (χ0n) is 10.4. The van der Waals surface area contributed by atoms with E-state index in [9.17, 15) is 9.90 Å². The van der Waals surface area contributed by atoms with Crippen molar-refractivity contribution in [2.45, 2.75) is 6.92 Å². The summed E-state index contributed by atoms with van der Waals surface area (Å²) in [5.41, 5.74) is 2.72. The van der Waals surface area contributed by atoms with Gasteiger partial charge in [-0.2, -0.15) is 5.10 Å². The van der Waals surface area contributed by atoms with Crippen molar-refractivity contribution in [3.05, 3.63) is 45.6 Å². The minimum absolute atomic E-state index is 0.0832. The van der Waals surface area contributed by atoms with Gasteiger partial charge in [-0.05, 0) is 47.7 Å². The van der Waals surface area contributed by atoms with E-state index in [2.05, 4.69) is 37.7 Å². The molecule has 0 aliphatic carbocycles. The minimum atomic E-state index is -1.04. The summed E-state index contributed by atoms with van der Waals surface area (Å²) in [5, 5.41) is 13.6. The Bertz CT molecular complexity index is 814. The fourth-order valence-electron chi connectivity index (χ4n) is 1.91. The molecule has 0 aliphatic rings. The Kier molecular flexibility index (Phi) is 3.13. The maximum absolute atomic E-state index is 11.4. The van der Waals surface area contributed by atoms with Gasteiger partial charge in [-0.15, -0.1) is 0 Å². The highest BCUT2D eigenvalue weighted by Gasteiger charge is 2.17. The fourth-order valence-corrected chi connectivity index (χ4v) is 2.37. The highest BCUT2D eigenvalue weighted by molar-refractivity contribution is 14.1. The Morgan fingerprint density at radius 3 is 2.90 bits per heavy atom. The quantitative estimate of drug-likeness (QED) is 0.691. The number of hydrogen-bond donors (Lipinski definition) is 1. The van der Waals surface area contributed by atoms with E-state index in [1.54, 1.807) is 18.5 Å². The number of hydrogen-bond acceptors (Lipinski definition) is 4. The zero-order valence-corrected chi connectivity index (χ0v) is 12.6. The van der Waals surface area contributed by atoms with E-state index in [-0.39, 0.29) is 5.69 Å². The molecule has 0 atom stereocenters. The van der Waals surface area contributed by atoms with E-state index in [0.29, 0.717) is 11.3 Å². The first-order chi connectivity index (χ1) is 9.58. The number of carbonyl (C=O) groups is 1. The summed E-state index contributed by atoms with van der Waals surface area (Å²) >= 11 is 2.12. The van der Waals surface area contributed by atoms with Crippen LogP contribution in [0.15, 0.2) is 30.6 Å². The summed E-state index contributed by atoms with van der Waals surface area (Å²) in [6.07, 6.45) is 3.31. The fraction of sp³-hybridized carbons (Fsp3) is 0.0769. The molecule has 0 saturated carbocycles. The van der Waals surface area contributed by atoms with Crippen molar-refractivity contribution in [3.8, 4) is 11.3 Å². The molecular formula is C13H9IN4O2. The maximum Gasteiger partial charge on any atom is 0.354 e. The van der Waals surface area contributed by atoms with Gasteiger partial charge in [-0.1, -0.05) is 0 Å². The molecule has 7 heteroatoms. The van der Waals surface area contributed by atoms with Crippen LogP contribution < -0.4 is 0 Å². The lowest BCUT2D eigenvalue weighted by molar-refractivity contribution is 0.0687. The van der Waals surface area contributed by atoms with Crippen LogP contribution in [0.2, 0.25) is 0 Å². The predicted molar refractivity (Wildman–Crippen MR) is 80.6 cm³/mol. The van der Waals surface area contributed by atoms with E-state index >= 15 is 0 Å². The lowest BCUT2D eigenvalue weighted by atomic mass is 10.2.